The number of hydrogen-bond acceptors (Lipinski definition) is 8. The molecule has 0 fully saturated rings. The number of benzene rings is 2. The summed E-state index contributed by atoms with van der Waals surface area (Å²) in [7, 11) is 3.11. The summed E-state index contributed by atoms with van der Waals surface area (Å²) < 4.78 is 10.6. The number of aromatic carboxylic acids is 1. The van der Waals surface area contributed by atoms with Gasteiger partial charge in [-0.3, -0.25) is 0 Å². The highest BCUT2D eigenvalue weighted by Gasteiger charge is 2.13. The van der Waals surface area contributed by atoms with E-state index in [-0.39, 0.29) is 16.9 Å². The third kappa shape index (κ3) is 4.34. The fourth-order valence-electron chi connectivity index (χ4n) is 2.62. The van der Waals surface area contributed by atoms with Crippen molar-refractivity contribution in [3.8, 4) is 34.6 Å². The predicted molar refractivity (Wildman–Crippen MR) is 113 cm³/mol. The second-order valence-electron chi connectivity index (χ2n) is 5.96. The number of ether oxygens (including phenoxy) is 2. The van der Waals surface area contributed by atoms with Crippen molar-refractivity contribution < 1.29 is 24.5 Å². The van der Waals surface area contributed by atoms with Crippen molar-refractivity contribution in [3.05, 3.63) is 58.5 Å². The molecule has 8 nitrogen and oxygen atoms in total. The Kier molecular flexibility index (Phi) is 6.20. The molecule has 3 aromatic rings. The van der Waals surface area contributed by atoms with Gasteiger partial charge in [0.2, 0.25) is 0 Å². The normalized spacial score (nSPS) is 10.9. The van der Waals surface area contributed by atoms with E-state index in [1.54, 1.807) is 26.4 Å². The van der Waals surface area contributed by atoms with E-state index in [1.807, 2.05) is 11.4 Å². The van der Waals surface area contributed by atoms with Crippen LogP contribution in [0.3, 0.4) is 0 Å². The van der Waals surface area contributed by atoms with E-state index in [9.17, 15) is 15.2 Å². The molecular formula is C21H17N3O5S. The number of nitrogens with one attached hydrogen (secondary N) is 1. The van der Waals surface area contributed by atoms with Gasteiger partial charge in [0.05, 0.1) is 19.9 Å². The number of hydrogen-bond donors (Lipinski definition) is 3. The molecule has 0 atom stereocenters. The fraction of sp³-hybridized carbons (Fsp3) is 0.0952. The Bertz CT molecular complexity index is 1160. The number of anilines is 1. The Labute approximate surface area is 176 Å². The number of nitriles is 1. The molecule has 1 heterocycles. The minimum Gasteiger partial charge on any atom is -0.507 e. The number of carbonyl (C=O) groups is 1. The molecule has 3 N–H and O–H groups in total. The monoisotopic (exact) mass is 423 g/mol. The summed E-state index contributed by atoms with van der Waals surface area (Å²) >= 11 is 1.30. The van der Waals surface area contributed by atoms with Gasteiger partial charge in [0.1, 0.15) is 28.0 Å². The van der Waals surface area contributed by atoms with Crippen molar-refractivity contribution in [2.45, 2.75) is 0 Å². The Balaban J connectivity index is 1.85. The van der Waals surface area contributed by atoms with Crippen LogP contribution < -0.4 is 14.8 Å². The van der Waals surface area contributed by atoms with Crippen LogP contribution in [-0.2, 0) is 0 Å². The van der Waals surface area contributed by atoms with Gasteiger partial charge >= 0.3 is 5.97 Å². The van der Waals surface area contributed by atoms with Crippen LogP contribution in [0.2, 0.25) is 0 Å². The first-order valence-electron chi connectivity index (χ1n) is 8.58. The molecule has 0 radical (unpaired) electrons. The van der Waals surface area contributed by atoms with Crippen LogP contribution in [0.5, 0.6) is 17.2 Å². The molecular weight excluding hydrogens is 406 g/mol. The highest BCUT2D eigenvalue weighted by atomic mass is 32.1. The maximum Gasteiger partial charge on any atom is 0.339 e. The van der Waals surface area contributed by atoms with Crippen LogP contribution in [0, 0.1) is 11.3 Å². The zero-order valence-corrected chi connectivity index (χ0v) is 16.9. The van der Waals surface area contributed by atoms with Crippen LogP contribution in [0.25, 0.3) is 16.8 Å². The van der Waals surface area contributed by atoms with Crippen molar-refractivity contribution in [1.29, 1.82) is 5.26 Å². The van der Waals surface area contributed by atoms with Gasteiger partial charge in [-0.1, -0.05) is 0 Å². The number of phenols is 1. The second-order valence-corrected chi connectivity index (χ2v) is 6.82. The van der Waals surface area contributed by atoms with E-state index in [2.05, 4.69) is 16.4 Å². The van der Waals surface area contributed by atoms with Crippen LogP contribution >= 0.6 is 11.3 Å². The number of aromatic nitrogens is 1. The minimum atomic E-state index is -1.25. The maximum absolute atomic E-state index is 11.1. The lowest BCUT2D eigenvalue weighted by molar-refractivity contribution is 0.0694. The largest absolute Gasteiger partial charge is 0.507 e. The Hall–Kier alpha value is -4.03. The number of carboxylic acids is 1. The van der Waals surface area contributed by atoms with Gasteiger partial charge in [0, 0.05) is 22.8 Å². The van der Waals surface area contributed by atoms with Crippen molar-refractivity contribution in [3.63, 3.8) is 0 Å². The number of methoxy groups -OCH3 is 2. The van der Waals surface area contributed by atoms with E-state index < -0.39 is 5.97 Å². The fourth-order valence-corrected chi connectivity index (χ4v) is 3.41. The average molecular weight is 423 g/mol. The number of thiazole rings is 1. The lowest BCUT2D eigenvalue weighted by atomic mass is 10.1. The quantitative estimate of drug-likeness (QED) is 0.381. The summed E-state index contributed by atoms with van der Waals surface area (Å²) in [6, 6.07) is 11.6. The van der Waals surface area contributed by atoms with E-state index in [0.717, 1.165) is 5.56 Å². The molecule has 9 heteroatoms. The molecule has 0 bridgehead atoms. The second kappa shape index (κ2) is 8.98. The van der Waals surface area contributed by atoms with E-state index in [4.69, 9.17) is 14.6 Å². The van der Waals surface area contributed by atoms with Gasteiger partial charge in [-0.2, -0.15) is 5.26 Å². The zero-order chi connectivity index (χ0) is 21.7. The highest BCUT2D eigenvalue weighted by Crippen LogP contribution is 2.33. The summed E-state index contributed by atoms with van der Waals surface area (Å²) in [5.74, 6) is -0.408. The summed E-state index contributed by atoms with van der Waals surface area (Å²) in [5, 5.41) is 33.4. The van der Waals surface area contributed by atoms with Crippen molar-refractivity contribution >= 4 is 28.6 Å². The van der Waals surface area contributed by atoms with Gasteiger partial charge in [0.25, 0.3) is 0 Å². The number of nitrogens with zero attached hydrogens (tertiary/aromatic N) is 2. The molecule has 1 aromatic heterocycles. The zero-order valence-electron chi connectivity index (χ0n) is 16.0. The van der Waals surface area contributed by atoms with Gasteiger partial charge in [-0.25, -0.2) is 9.78 Å². The number of aromatic hydroxyl groups is 1. The molecule has 0 amide bonds. The standard InChI is InChI=1S/C21H17N3O5S/c1-28-18-6-3-12(7-19(18)29-2)16-11-30-20(24-16)13(9-22)10-23-14-4-5-17(25)15(8-14)21(26)27/h3-8,10-11,23,25H,1-2H3,(H,26,27)/b13-10+. The smallest absolute Gasteiger partial charge is 0.339 e. The third-order valence-corrected chi connectivity index (χ3v) is 5.02. The van der Waals surface area contributed by atoms with Crippen molar-refractivity contribution in [1.82, 2.24) is 4.98 Å². The van der Waals surface area contributed by atoms with Crippen LogP contribution in [-0.4, -0.2) is 35.4 Å². The van der Waals surface area contributed by atoms with Gasteiger partial charge < -0.3 is 25.0 Å². The number of allylic oxidation sites excluding steroid dienone is 1. The van der Waals surface area contributed by atoms with E-state index in [0.29, 0.717) is 27.9 Å². The molecule has 0 aliphatic heterocycles. The summed E-state index contributed by atoms with van der Waals surface area (Å²) in [5.41, 5.74) is 1.93. The first kappa shape index (κ1) is 20.7. The molecule has 30 heavy (non-hydrogen) atoms. The van der Waals surface area contributed by atoms with Gasteiger partial charge in [-0.15, -0.1) is 11.3 Å². The topological polar surface area (TPSA) is 125 Å². The minimum absolute atomic E-state index is 0.239. The lowest BCUT2D eigenvalue weighted by Crippen LogP contribution is -1.98. The first-order chi connectivity index (χ1) is 14.5. The summed E-state index contributed by atoms with van der Waals surface area (Å²) in [6.07, 6.45) is 1.44. The summed E-state index contributed by atoms with van der Waals surface area (Å²) in [4.78, 5) is 15.6. The molecule has 0 saturated carbocycles. The highest BCUT2D eigenvalue weighted by molar-refractivity contribution is 7.11. The van der Waals surface area contributed by atoms with Crippen molar-refractivity contribution in [2.24, 2.45) is 0 Å². The Morgan fingerprint density at radius 3 is 2.63 bits per heavy atom. The SMILES string of the molecule is COc1ccc(-c2csc(/C(C#N)=C/Nc3ccc(O)c(C(=O)O)c3)n2)cc1OC. The molecule has 0 aliphatic carbocycles. The lowest BCUT2D eigenvalue weighted by Gasteiger charge is -2.08. The first-order valence-corrected chi connectivity index (χ1v) is 9.46. The predicted octanol–water partition coefficient (Wildman–Crippen LogP) is 4.21. The molecule has 0 spiro atoms. The molecule has 152 valence electrons. The van der Waals surface area contributed by atoms with Crippen LogP contribution in [0.15, 0.2) is 48.0 Å². The molecule has 2 aromatic carbocycles. The Morgan fingerprint density at radius 2 is 1.97 bits per heavy atom. The number of rotatable bonds is 7. The molecule has 0 saturated heterocycles. The van der Waals surface area contributed by atoms with Gasteiger partial charge in [-0.05, 0) is 36.4 Å². The van der Waals surface area contributed by atoms with E-state index in [1.165, 1.54) is 35.7 Å². The number of carboxylic acid groups (broad SMARTS) is 1. The Morgan fingerprint density at radius 1 is 1.20 bits per heavy atom. The van der Waals surface area contributed by atoms with E-state index >= 15 is 0 Å². The maximum atomic E-state index is 11.1. The summed E-state index contributed by atoms with van der Waals surface area (Å²) in [6.45, 7) is 0. The van der Waals surface area contributed by atoms with Crippen LogP contribution in [0.4, 0.5) is 5.69 Å². The van der Waals surface area contributed by atoms with Crippen LogP contribution in [0.1, 0.15) is 15.4 Å². The van der Waals surface area contributed by atoms with Gasteiger partial charge in [0.15, 0.2) is 11.5 Å². The molecule has 0 unspecified atom stereocenters. The molecule has 3 rings (SSSR count). The van der Waals surface area contributed by atoms with Crippen molar-refractivity contribution in [2.75, 3.05) is 19.5 Å². The molecule has 0 aliphatic rings. The average Bonchev–Trinajstić information content (AvgIpc) is 3.24. The third-order valence-electron chi connectivity index (χ3n) is 4.14.